The maximum absolute atomic E-state index is 9.00. The van der Waals surface area contributed by atoms with Gasteiger partial charge in [0.15, 0.2) is 6.23 Å². The number of hydrogen-bond donors (Lipinski definition) is 1. The zero-order valence-electron chi connectivity index (χ0n) is 4.58. The zero-order valence-corrected chi connectivity index (χ0v) is 4.58. The fourth-order valence-corrected chi connectivity index (χ4v) is 1.11. The number of hydrogen-bond acceptors (Lipinski definition) is 3. The van der Waals surface area contributed by atoms with Crippen LogP contribution in [0.5, 0.6) is 0 Å². The predicted molar refractivity (Wildman–Crippen MR) is 26.8 cm³/mol. The Kier molecular flexibility index (Phi) is 0.848. The van der Waals surface area contributed by atoms with Crippen LogP contribution in [-0.2, 0) is 4.84 Å². The van der Waals surface area contributed by atoms with Crippen molar-refractivity contribution in [2.75, 3.05) is 6.54 Å². The number of fused-ring (bicyclic) bond motifs is 1. The molecule has 3 unspecified atom stereocenters. The van der Waals surface area contributed by atoms with E-state index in [9.17, 15) is 0 Å². The topological polar surface area (TPSA) is 35.8 Å². The first-order valence-electron chi connectivity index (χ1n) is 2.98. The summed E-state index contributed by atoms with van der Waals surface area (Å²) in [6, 6.07) is 0. The molecule has 0 spiro atoms. The third-order valence-corrected chi connectivity index (χ3v) is 1.69. The lowest BCUT2D eigenvalue weighted by atomic mass is 10.1. The molecule has 0 radical (unpaired) electrons. The summed E-state index contributed by atoms with van der Waals surface area (Å²) in [5.74, 6) is 0. The molecule has 2 saturated heterocycles. The minimum absolute atomic E-state index is 0.112. The fraction of sp³-hybridized carbons (Fsp3) is 1.00. The molecule has 0 aromatic heterocycles. The first kappa shape index (κ1) is 4.73. The zero-order chi connectivity index (χ0) is 5.56. The number of piperidine rings is 1. The third kappa shape index (κ3) is 0.632. The van der Waals surface area contributed by atoms with Gasteiger partial charge in [0, 0.05) is 13.0 Å². The van der Waals surface area contributed by atoms with Gasteiger partial charge in [-0.15, -0.1) is 0 Å². The summed E-state index contributed by atoms with van der Waals surface area (Å²) in [5.41, 5.74) is 0. The van der Waals surface area contributed by atoms with E-state index in [-0.39, 0.29) is 12.3 Å². The quantitative estimate of drug-likeness (QED) is 0.441. The third-order valence-electron chi connectivity index (χ3n) is 1.69. The van der Waals surface area contributed by atoms with Gasteiger partial charge in [0.05, 0.1) is 6.10 Å². The van der Waals surface area contributed by atoms with E-state index in [1.165, 1.54) is 0 Å². The SMILES string of the molecule is OC1CCN2OC2C1. The van der Waals surface area contributed by atoms with Crippen LogP contribution in [0, 0.1) is 0 Å². The summed E-state index contributed by atoms with van der Waals surface area (Å²) in [6.45, 7) is 0.909. The van der Waals surface area contributed by atoms with E-state index >= 15 is 0 Å². The minimum atomic E-state index is -0.112. The molecule has 2 aliphatic heterocycles. The molecule has 0 amide bonds. The van der Waals surface area contributed by atoms with Crippen molar-refractivity contribution in [1.29, 1.82) is 0 Å². The van der Waals surface area contributed by atoms with E-state index in [0.29, 0.717) is 0 Å². The van der Waals surface area contributed by atoms with Gasteiger partial charge in [-0.3, -0.25) is 4.84 Å². The Morgan fingerprint density at radius 2 is 2.50 bits per heavy atom. The largest absolute Gasteiger partial charge is 0.393 e. The fourth-order valence-electron chi connectivity index (χ4n) is 1.11. The molecule has 0 aliphatic carbocycles. The Bertz CT molecular complexity index is 107. The van der Waals surface area contributed by atoms with Gasteiger partial charge in [-0.25, -0.2) is 0 Å². The lowest BCUT2D eigenvalue weighted by Gasteiger charge is -2.11. The molecule has 0 saturated carbocycles. The van der Waals surface area contributed by atoms with E-state index < -0.39 is 0 Å². The first-order valence-corrected chi connectivity index (χ1v) is 2.98. The highest BCUT2D eigenvalue weighted by Crippen LogP contribution is 2.30. The molecule has 3 atom stereocenters. The van der Waals surface area contributed by atoms with Crippen molar-refractivity contribution in [3.8, 4) is 0 Å². The predicted octanol–water partition coefficient (Wildman–Crippen LogP) is -0.286. The average Bonchev–Trinajstić information content (AvgIpc) is 2.43. The monoisotopic (exact) mass is 115 g/mol. The standard InChI is InChI=1S/C5H9NO2/c7-4-1-2-6-5(3-4)8-6/h4-5,7H,1-3H2. The summed E-state index contributed by atoms with van der Waals surface area (Å²) >= 11 is 0. The van der Waals surface area contributed by atoms with Gasteiger partial charge in [0.2, 0.25) is 0 Å². The van der Waals surface area contributed by atoms with Crippen LogP contribution in [0.1, 0.15) is 12.8 Å². The molecule has 46 valence electrons. The van der Waals surface area contributed by atoms with Crippen molar-refractivity contribution < 1.29 is 9.94 Å². The van der Waals surface area contributed by atoms with Crippen molar-refractivity contribution in [3.05, 3.63) is 0 Å². The molecule has 2 fully saturated rings. The molecule has 8 heavy (non-hydrogen) atoms. The summed E-state index contributed by atoms with van der Waals surface area (Å²) in [5, 5.41) is 10.9. The van der Waals surface area contributed by atoms with Gasteiger partial charge in [-0.2, -0.15) is 5.06 Å². The number of nitrogens with zero attached hydrogens (tertiary/aromatic N) is 1. The van der Waals surface area contributed by atoms with Gasteiger partial charge in [0.1, 0.15) is 0 Å². The van der Waals surface area contributed by atoms with E-state index in [2.05, 4.69) is 0 Å². The van der Waals surface area contributed by atoms with Crippen molar-refractivity contribution in [2.45, 2.75) is 25.2 Å². The summed E-state index contributed by atoms with van der Waals surface area (Å²) in [6.07, 6.45) is 1.83. The van der Waals surface area contributed by atoms with Gasteiger partial charge in [-0.05, 0) is 6.42 Å². The van der Waals surface area contributed by atoms with Crippen LogP contribution in [-0.4, -0.2) is 29.0 Å². The molecule has 0 aromatic rings. The highest BCUT2D eigenvalue weighted by atomic mass is 16.8. The second-order valence-electron chi connectivity index (χ2n) is 2.38. The molecule has 3 nitrogen and oxygen atoms in total. The maximum atomic E-state index is 9.00. The van der Waals surface area contributed by atoms with Crippen LogP contribution in [0.3, 0.4) is 0 Å². The summed E-state index contributed by atoms with van der Waals surface area (Å²) < 4.78 is 0. The van der Waals surface area contributed by atoms with Crippen molar-refractivity contribution in [2.24, 2.45) is 0 Å². The van der Waals surface area contributed by atoms with Gasteiger partial charge in [0.25, 0.3) is 0 Å². The van der Waals surface area contributed by atoms with Crippen molar-refractivity contribution in [3.63, 3.8) is 0 Å². The number of aliphatic hydroxyl groups excluding tert-OH is 1. The molecule has 0 aromatic carbocycles. The smallest absolute Gasteiger partial charge is 0.157 e. The molecule has 2 rings (SSSR count). The van der Waals surface area contributed by atoms with Crippen LogP contribution < -0.4 is 0 Å². The first-order chi connectivity index (χ1) is 3.86. The Balaban J connectivity index is 1.93. The molecule has 3 heteroatoms. The van der Waals surface area contributed by atoms with Crippen LogP contribution >= 0.6 is 0 Å². The number of aliphatic hydroxyl groups is 1. The Hall–Kier alpha value is -0.120. The van der Waals surface area contributed by atoms with Gasteiger partial charge in [-0.1, -0.05) is 0 Å². The van der Waals surface area contributed by atoms with Crippen molar-refractivity contribution >= 4 is 0 Å². The molecular formula is C5H9NO2. The van der Waals surface area contributed by atoms with Crippen LogP contribution in [0.25, 0.3) is 0 Å². The normalized spacial score (nSPS) is 52.9. The Labute approximate surface area is 47.8 Å². The Morgan fingerprint density at radius 3 is 3.12 bits per heavy atom. The number of rotatable bonds is 0. The van der Waals surface area contributed by atoms with Crippen LogP contribution in [0.4, 0.5) is 0 Å². The molecular weight excluding hydrogens is 106 g/mol. The highest BCUT2D eigenvalue weighted by Gasteiger charge is 2.41. The molecule has 2 heterocycles. The molecule has 2 aliphatic rings. The summed E-state index contributed by atoms with van der Waals surface area (Å²) in [4.78, 5) is 5.02. The Morgan fingerprint density at radius 1 is 1.62 bits per heavy atom. The van der Waals surface area contributed by atoms with E-state index in [1.807, 2.05) is 5.06 Å². The van der Waals surface area contributed by atoms with Crippen LogP contribution in [0.15, 0.2) is 0 Å². The summed E-state index contributed by atoms with van der Waals surface area (Å²) in [7, 11) is 0. The van der Waals surface area contributed by atoms with Crippen molar-refractivity contribution in [1.82, 2.24) is 5.06 Å². The van der Waals surface area contributed by atoms with Gasteiger partial charge < -0.3 is 5.11 Å². The maximum Gasteiger partial charge on any atom is 0.157 e. The molecule has 0 bridgehead atoms. The highest BCUT2D eigenvalue weighted by molar-refractivity contribution is 4.77. The number of hydroxylamine groups is 2. The second kappa shape index (κ2) is 1.43. The minimum Gasteiger partial charge on any atom is -0.393 e. The second-order valence-corrected chi connectivity index (χ2v) is 2.38. The lowest BCUT2D eigenvalue weighted by Crippen LogP contribution is -2.22. The average molecular weight is 115 g/mol. The van der Waals surface area contributed by atoms with E-state index in [1.54, 1.807) is 0 Å². The van der Waals surface area contributed by atoms with E-state index in [4.69, 9.17) is 9.94 Å². The van der Waals surface area contributed by atoms with E-state index in [0.717, 1.165) is 19.4 Å². The van der Waals surface area contributed by atoms with Crippen LogP contribution in [0.2, 0.25) is 0 Å². The molecule has 1 N–H and O–H groups in total. The van der Waals surface area contributed by atoms with Gasteiger partial charge >= 0.3 is 0 Å². The lowest BCUT2D eigenvalue weighted by molar-refractivity contribution is 0.117.